The van der Waals surface area contributed by atoms with Crippen molar-refractivity contribution in [3.05, 3.63) is 135 Å². The standard InChI is InChI=1S/C30H23ClF2N4O2/c1-19(28-34-25-13-7-5-11-22(25)29(38)37(28)27-14-8-6-12-23(27)31)36(18-20-9-3-2-4-10-20)30(39)35-26-16-15-21(32)17-24(26)33/h2-17,19H,18H2,1H3,(H,35,39). The lowest BCUT2D eigenvalue weighted by molar-refractivity contribution is 0.185. The number of hydrogen-bond donors (Lipinski definition) is 1. The first kappa shape index (κ1) is 26.1. The SMILES string of the molecule is CC(c1nc2ccccc2c(=O)n1-c1ccccc1Cl)N(Cc1ccccc1)C(=O)Nc1ccc(F)cc1F. The maximum atomic E-state index is 14.4. The number of nitrogens with zero attached hydrogens (tertiary/aromatic N) is 3. The Balaban J connectivity index is 1.66. The van der Waals surface area contributed by atoms with Gasteiger partial charge in [-0.25, -0.2) is 18.6 Å². The second kappa shape index (κ2) is 11.0. The highest BCUT2D eigenvalue weighted by Crippen LogP contribution is 2.28. The molecular weight excluding hydrogens is 522 g/mol. The van der Waals surface area contributed by atoms with Crippen LogP contribution in [0.1, 0.15) is 24.4 Å². The normalized spacial score (nSPS) is 11.8. The molecule has 6 nitrogen and oxygen atoms in total. The van der Waals surface area contributed by atoms with Gasteiger partial charge in [-0.2, -0.15) is 0 Å². The highest BCUT2D eigenvalue weighted by molar-refractivity contribution is 6.32. The fourth-order valence-corrected chi connectivity index (χ4v) is 4.60. The van der Waals surface area contributed by atoms with E-state index in [9.17, 15) is 18.4 Å². The third kappa shape index (κ3) is 5.37. The quantitative estimate of drug-likeness (QED) is 0.248. The molecule has 0 fully saturated rings. The number of fused-ring (bicyclic) bond motifs is 1. The van der Waals surface area contributed by atoms with Crippen LogP contribution in [0.3, 0.4) is 0 Å². The second-order valence-electron chi connectivity index (χ2n) is 8.92. The Bertz CT molecular complexity index is 1730. The van der Waals surface area contributed by atoms with E-state index in [4.69, 9.17) is 16.6 Å². The zero-order valence-corrected chi connectivity index (χ0v) is 21.6. The minimum atomic E-state index is -0.910. The van der Waals surface area contributed by atoms with Crippen LogP contribution in [0.15, 0.2) is 102 Å². The van der Waals surface area contributed by atoms with Crippen LogP contribution in [-0.2, 0) is 6.54 Å². The van der Waals surface area contributed by atoms with Crippen LogP contribution >= 0.6 is 11.6 Å². The summed E-state index contributed by atoms with van der Waals surface area (Å²) >= 11 is 6.52. The molecule has 1 aromatic heterocycles. The molecule has 39 heavy (non-hydrogen) atoms. The van der Waals surface area contributed by atoms with Gasteiger partial charge in [-0.05, 0) is 48.9 Å². The molecule has 1 unspecified atom stereocenters. The first-order chi connectivity index (χ1) is 18.8. The highest BCUT2D eigenvalue weighted by atomic mass is 35.5. The average Bonchev–Trinajstić information content (AvgIpc) is 2.94. The van der Waals surface area contributed by atoms with E-state index >= 15 is 0 Å². The van der Waals surface area contributed by atoms with Crippen LogP contribution in [0.2, 0.25) is 5.02 Å². The summed E-state index contributed by atoms with van der Waals surface area (Å²) in [6.07, 6.45) is 0. The van der Waals surface area contributed by atoms with Crippen LogP contribution in [0, 0.1) is 11.6 Å². The van der Waals surface area contributed by atoms with Gasteiger partial charge in [-0.3, -0.25) is 9.36 Å². The molecule has 0 saturated heterocycles. The van der Waals surface area contributed by atoms with E-state index in [0.29, 0.717) is 27.7 Å². The number of para-hydroxylation sites is 2. The minimum absolute atomic E-state index is 0.113. The summed E-state index contributed by atoms with van der Waals surface area (Å²) < 4.78 is 29.3. The van der Waals surface area contributed by atoms with Crippen molar-refractivity contribution in [1.82, 2.24) is 14.5 Å². The summed E-state index contributed by atoms with van der Waals surface area (Å²) in [6.45, 7) is 1.84. The van der Waals surface area contributed by atoms with Gasteiger partial charge in [0.2, 0.25) is 0 Å². The molecule has 196 valence electrons. The van der Waals surface area contributed by atoms with Crippen molar-refractivity contribution in [2.75, 3.05) is 5.32 Å². The summed E-state index contributed by atoms with van der Waals surface area (Å²) in [5.41, 5.74) is 1.14. The Hall–Kier alpha value is -4.56. The lowest BCUT2D eigenvalue weighted by Crippen LogP contribution is -2.39. The number of anilines is 1. The average molecular weight is 545 g/mol. The molecule has 5 rings (SSSR count). The van der Waals surface area contributed by atoms with Crippen LogP contribution in [0.5, 0.6) is 0 Å². The molecule has 0 radical (unpaired) electrons. The predicted octanol–water partition coefficient (Wildman–Crippen LogP) is 7.11. The molecule has 9 heteroatoms. The van der Waals surface area contributed by atoms with Crippen molar-refractivity contribution < 1.29 is 13.6 Å². The first-order valence-corrected chi connectivity index (χ1v) is 12.5. The number of amides is 2. The summed E-state index contributed by atoms with van der Waals surface area (Å²) in [6, 6.07) is 24.5. The van der Waals surface area contributed by atoms with Crippen LogP contribution in [-0.4, -0.2) is 20.5 Å². The molecule has 1 N–H and O–H groups in total. The number of halogens is 3. The van der Waals surface area contributed by atoms with Gasteiger partial charge in [0.15, 0.2) is 0 Å². The lowest BCUT2D eigenvalue weighted by atomic mass is 10.1. The van der Waals surface area contributed by atoms with Crippen LogP contribution in [0.25, 0.3) is 16.6 Å². The number of benzene rings is 4. The monoisotopic (exact) mass is 544 g/mol. The topological polar surface area (TPSA) is 67.2 Å². The molecule has 0 aliphatic heterocycles. The van der Waals surface area contributed by atoms with Gasteiger partial charge in [0.05, 0.1) is 33.3 Å². The minimum Gasteiger partial charge on any atom is -0.310 e. The Morgan fingerprint density at radius 3 is 2.41 bits per heavy atom. The number of rotatable bonds is 6. The fraction of sp³-hybridized carbons (Fsp3) is 0.100. The van der Waals surface area contributed by atoms with E-state index < -0.39 is 23.7 Å². The zero-order valence-electron chi connectivity index (χ0n) is 20.8. The molecule has 4 aromatic carbocycles. The molecule has 0 saturated carbocycles. The smallest absolute Gasteiger partial charge is 0.310 e. The number of aromatic nitrogens is 2. The Morgan fingerprint density at radius 2 is 1.67 bits per heavy atom. The molecule has 0 bridgehead atoms. The first-order valence-electron chi connectivity index (χ1n) is 12.2. The van der Waals surface area contributed by atoms with E-state index in [1.807, 2.05) is 30.3 Å². The lowest BCUT2D eigenvalue weighted by Gasteiger charge is -2.31. The molecular formula is C30H23ClF2N4O2. The Morgan fingerprint density at radius 1 is 0.974 bits per heavy atom. The van der Waals surface area contributed by atoms with Gasteiger partial charge in [0, 0.05) is 12.6 Å². The van der Waals surface area contributed by atoms with Crippen molar-refractivity contribution in [2.45, 2.75) is 19.5 Å². The summed E-state index contributed by atoms with van der Waals surface area (Å²) in [5.74, 6) is -1.41. The zero-order chi connectivity index (χ0) is 27.5. The van der Waals surface area contributed by atoms with Gasteiger partial charge >= 0.3 is 6.03 Å². The van der Waals surface area contributed by atoms with Gasteiger partial charge in [-0.1, -0.05) is 66.2 Å². The molecule has 2 amide bonds. The van der Waals surface area contributed by atoms with Gasteiger partial charge in [-0.15, -0.1) is 0 Å². The van der Waals surface area contributed by atoms with Crippen molar-refractivity contribution in [1.29, 1.82) is 0 Å². The third-order valence-electron chi connectivity index (χ3n) is 6.37. The number of hydrogen-bond acceptors (Lipinski definition) is 3. The molecule has 0 spiro atoms. The summed E-state index contributed by atoms with van der Waals surface area (Å²) in [4.78, 5) is 33.7. The van der Waals surface area contributed by atoms with Crippen LogP contribution < -0.4 is 10.9 Å². The maximum Gasteiger partial charge on any atom is 0.322 e. The van der Waals surface area contributed by atoms with E-state index in [1.165, 1.54) is 9.47 Å². The molecule has 0 aliphatic carbocycles. The molecule has 0 aliphatic rings. The Kier molecular flexibility index (Phi) is 7.38. The van der Waals surface area contributed by atoms with Crippen molar-refractivity contribution in [3.63, 3.8) is 0 Å². The number of nitrogens with one attached hydrogen (secondary N) is 1. The van der Waals surface area contributed by atoms with E-state index in [1.54, 1.807) is 55.5 Å². The predicted molar refractivity (Wildman–Crippen MR) is 148 cm³/mol. The number of urea groups is 1. The van der Waals surface area contributed by atoms with Gasteiger partial charge < -0.3 is 10.2 Å². The van der Waals surface area contributed by atoms with Crippen molar-refractivity contribution in [3.8, 4) is 5.69 Å². The van der Waals surface area contributed by atoms with Gasteiger partial charge in [0.25, 0.3) is 5.56 Å². The summed E-state index contributed by atoms with van der Waals surface area (Å²) in [7, 11) is 0. The van der Waals surface area contributed by atoms with Crippen molar-refractivity contribution in [2.24, 2.45) is 0 Å². The maximum absolute atomic E-state index is 14.4. The number of carbonyl (C=O) groups excluding carboxylic acids is 1. The van der Waals surface area contributed by atoms with Gasteiger partial charge in [0.1, 0.15) is 17.5 Å². The van der Waals surface area contributed by atoms with E-state index in [0.717, 1.165) is 17.7 Å². The number of carbonyl (C=O) groups is 1. The fourth-order valence-electron chi connectivity index (χ4n) is 4.38. The molecule has 1 atom stereocenters. The second-order valence-corrected chi connectivity index (χ2v) is 9.33. The highest BCUT2D eigenvalue weighted by Gasteiger charge is 2.28. The summed E-state index contributed by atoms with van der Waals surface area (Å²) in [5, 5.41) is 3.26. The molecule has 5 aromatic rings. The van der Waals surface area contributed by atoms with Crippen molar-refractivity contribution >= 4 is 34.2 Å². The van der Waals surface area contributed by atoms with Crippen LogP contribution in [0.4, 0.5) is 19.3 Å². The third-order valence-corrected chi connectivity index (χ3v) is 6.69. The Labute approximate surface area is 228 Å². The molecule has 1 heterocycles. The van der Waals surface area contributed by atoms with E-state index in [-0.39, 0.29) is 23.6 Å². The van der Waals surface area contributed by atoms with E-state index in [2.05, 4.69) is 5.32 Å². The largest absolute Gasteiger partial charge is 0.322 e.